The highest BCUT2D eigenvalue weighted by Crippen LogP contribution is 2.56. The molecule has 1 N–H and O–H groups in total. The summed E-state index contributed by atoms with van der Waals surface area (Å²) in [5.74, 6) is -2.66. The Morgan fingerprint density at radius 1 is 1.17 bits per heavy atom. The zero-order valence-electron chi connectivity index (χ0n) is 12.5. The first-order chi connectivity index (χ1) is 11.4. The summed E-state index contributed by atoms with van der Waals surface area (Å²) in [4.78, 5) is 48.2. The number of nitro groups is 1. The van der Waals surface area contributed by atoms with Crippen LogP contribution in [-0.2, 0) is 9.59 Å². The zero-order valence-corrected chi connectivity index (χ0v) is 12.5. The molecular weight excluding hydrogens is 316 g/mol. The first kappa shape index (κ1) is 14.8. The average molecular weight is 330 g/mol. The first-order valence-electron chi connectivity index (χ1n) is 7.79. The van der Waals surface area contributed by atoms with E-state index in [9.17, 15) is 29.6 Å². The lowest BCUT2D eigenvalue weighted by Crippen LogP contribution is -2.34. The smallest absolute Gasteiger partial charge is 0.337 e. The van der Waals surface area contributed by atoms with E-state index in [0.29, 0.717) is 0 Å². The molecule has 8 nitrogen and oxygen atoms in total. The molecule has 3 fully saturated rings. The van der Waals surface area contributed by atoms with Crippen molar-refractivity contribution in [3.63, 3.8) is 0 Å². The van der Waals surface area contributed by atoms with Crippen LogP contribution in [-0.4, -0.2) is 27.8 Å². The fraction of sp³-hybridized carbons (Fsp3) is 0.438. The minimum Gasteiger partial charge on any atom is -0.478 e. The van der Waals surface area contributed by atoms with E-state index in [4.69, 9.17) is 0 Å². The Kier molecular flexibility index (Phi) is 3.00. The first-order valence-corrected chi connectivity index (χ1v) is 7.79. The van der Waals surface area contributed by atoms with E-state index in [1.54, 1.807) is 0 Å². The van der Waals surface area contributed by atoms with Crippen molar-refractivity contribution in [1.82, 2.24) is 0 Å². The van der Waals surface area contributed by atoms with Crippen LogP contribution >= 0.6 is 0 Å². The van der Waals surface area contributed by atoms with Crippen molar-refractivity contribution >= 4 is 29.2 Å². The highest BCUT2D eigenvalue weighted by atomic mass is 16.6. The van der Waals surface area contributed by atoms with Crippen molar-refractivity contribution in [2.45, 2.75) is 19.3 Å². The summed E-state index contributed by atoms with van der Waals surface area (Å²) in [5, 5.41) is 20.3. The largest absolute Gasteiger partial charge is 0.478 e. The number of fused-ring (bicyclic) bond motifs is 5. The summed E-state index contributed by atoms with van der Waals surface area (Å²) in [6.07, 6.45) is 2.67. The Bertz CT molecular complexity index is 776. The molecule has 24 heavy (non-hydrogen) atoms. The van der Waals surface area contributed by atoms with Crippen LogP contribution in [0.25, 0.3) is 0 Å². The molecule has 2 amide bonds. The van der Waals surface area contributed by atoms with Crippen molar-refractivity contribution < 1.29 is 24.4 Å². The second kappa shape index (κ2) is 4.86. The number of carbonyl (C=O) groups is 3. The van der Waals surface area contributed by atoms with E-state index in [1.165, 1.54) is 0 Å². The third kappa shape index (κ3) is 1.82. The Labute approximate surface area is 136 Å². The van der Waals surface area contributed by atoms with Crippen LogP contribution in [0.2, 0.25) is 0 Å². The predicted octanol–water partition coefficient (Wildman–Crippen LogP) is 1.83. The molecule has 1 aliphatic heterocycles. The minimum atomic E-state index is -1.33. The Morgan fingerprint density at radius 2 is 1.75 bits per heavy atom. The van der Waals surface area contributed by atoms with E-state index in [2.05, 4.69) is 0 Å². The molecule has 124 valence electrons. The van der Waals surface area contributed by atoms with Gasteiger partial charge in [-0.1, -0.05) is 0 Å². The third-order valence-electron chi connectivity index (χ3n) is 5.59. The van der Waals surface area contributed by atoms with Crippen LogP contribution in [0.15, 0.2) is 18.2 Å². The Hall–Kier alpha value is -2.77. The van der Waals surface area contributed by atoms with E-state index >= 15 is 0 Å². The van der Waals surface area contributed by atoms with Crippen molar-refractivity contribution in [3.05, 3.63) is 33.9 Å². The molecule has 0 spiro atoms. The molecule has 0 radical (unpaired) electrons. The molecule has 0 aromatic heterocycles. The molecule has 4 rings (SSSR count). The number of nitro benzene ring substituents is 1. The van der Waals surface area contributed by atoms with Crippen LogP contribution in [0.5, 0.6) is 0 Å². The maximum atomic E-state index is 12.8. The number of benzene rings is 1. The number of anilines is 1. The summed E-state index contributed by atoms with van der Waals surface area (Å²) in [6.45, 7) is 0. The van der Waals surface area contributed by atoms with Gasteiger partial charge in [0.05, 0.1) is 28.0 Å². The lowest BCUT2D eigenvalue weighted by atomic mass is 9.81. The number of hydrogen-bond donors (Lipinski definition) is 1. The number of non-ortho nitro benzene ring substituents is 1. The second-order valence-corrected chi connectivity index (χ2v) is 6.66. The number of amides is 2. The number of imide groups is 1. The molecule has 3 aliphatic rings. The average Bonchev–Trinajstić information content (AvgIpc) is 3.20. The molecule has 2 bridgehead atoms. The minimum absolute atomic E-state index is 0.161. The van der Waals surface area contributed by atoms with Crippen molar-refractivity contribution in [2.75, 3.05) is 4.90 Å². The molecule has 4 atom stereocenters. The van der Waals surface area contributed by atoms with Crippen molar-refractivity contribution in [3.8, 4) is 0 Å². The molecule has 1 aromatic rings. The van der Waals surface area contributed by atoms with Gasteiger partial charge in [-0.2, -0.15) is 0 Å². The molecule has 2 saturated carbocycles. The highest BCUT2D eigenvalue weighted by molar-refractivity contribution is 6.24. The number of nitrogens with zero attached hydrogens (tertiary/aromatic N) is 2. The highest BCUT2D eigenvalue weighted by Gasteiger charge is 2.61. The normalized spacial score (nSPS) is 30.8. The number of carboxylic acids is 1. The fourth-order valence-electron chi connectivity index (χ4n) is 4.65. The number of rotatable bonds is 3. The quantitative estimate of drug-likeness (QED) is 0.513. The van der Waals surface area contributed by atoms with Gasteiger partial charge < -0.3 is 5.11 Å². The lowest BCUT2D eigenvalue weighted by Gasteiger charge is -2.19. The van der Waals surface area contributed by atoms with Gasteiger partial charge in [-0.3, -0.25) is 19.7 Å². The van der Waals surface area contributed by atoms with Crippen LogP contribution in [0.1, 0.15) is 29.6 Å². The van der Waals surface area contributed by atoms with E-state index in [1.807, 2.05) is 0 Å². The fourth-order valence-corrected chi connectivity index (χ4v) is 4.65. The molecule has 8 heteroatoms. The molecule has 1 saturated heterocycles. The molecular formula is C16H14N2O6. The molecule has 1 heterocycles. The topological polar surface area (TPSA) is 118 Å². The Morgan fingerprint density at radius 3 is 2.25 bits per heavy atom. The Balaban J connectivity index is 1.82. The summed E-state index contributed by atoms with van der Waals surface area (Å²) >= 11 is 0. The number of hydrogen-bond acceptors (Lipinski definition) is 5. The van der Waals surface area contributed by atoms with Crippen LogP contribution in [0.4, 0.5) is 11.4 Å². The van der Waals surface area contributed by atoms with Gasteiger partial charge in [-0.25, -0.2) is 9.69 Å². The number of carboxylic acid groups (broad SMARTS) is 1. The van der Waals surface area contributed by atoms with Crippen LogP contribution < -0.4 is 4.90 Å². The van der Waals surface area contributed by atoms with Gasteiger partial charge in [0.2, 0.25) is 11.8 Å². The maximum absolute atomic E-state index is 12.8. The van der Waals surface area contributed by atoms with E-state index in [-0.39, 0.29) is 28.8 Å². The molecule has 2 aliphatic carbocycles. The van der Waals surface area contributed by atoms with Crippen LogP contribution in [0, 0.1) is 33.8 Å². The summed E-state index contributed by atoms with van der Waals surface area (Å²) in [7, 11) is 0. The van der Waals surface area contributed by atoms with Gasteiger partial charge >= 0.3 is 5.97 Å². The van der Waals surface area contributed by atoms with Gasteiger partial charge in [0.15, 0.2) is 0 Å². The van der Waals surface area contributed by atoms with Crippen molar-refractivity contribution in [1.29, 1.82) is 0 Å². The summed E-state index contributed by atoms with van der Waals surface area (Å²) in [6, 6.07) is 3.13. The lowest BCUT2D eigenvalue weighted by molar-refractivity contribution is -0.384. The van der Waals surface area contributed by atoms with Gasteiger partial charge in [0.1, 0.15) is 0 Å². The summed E-state index contributed by atoms with van der Waals surface area (Å²) in [5.41, 5.74) is -0.828. The van der Waals surface area contributed by atoms with Gasteiger partial charge in [0.25, 0.3) is 5.69 Å². The maximum Gasteiger partial charge on any atom is 0.337 e. The standard InChI is InChI=1S/C16H14N2O6/c19-14-12-7-1-2-8(5-7)13(12)15(20)17(14)11-6-9(18(23)24)3-4-10(11)16(21)22/h3-4,6-8,12-13H,1-2,5H2,(H,21,22). The monoisotopic (exact) mass is 330 g/mol. The molecule has 4 unspecified atom stereocenters. The van der Waals surface area contributed by atoms with Crippen LogP contribution in [0.3, 0.4) is 0 Å². The van der Waals surface area contributed by atoms with Gasteiger partial charge in [0, 0.05) is 12.1 Å². The number of aromatic carboxylic acids is 1. The zero-order chi connectivity index (χ0) is 17.2. The van der Waals surface area contributed by atoms with Gasteiger partial charge in [-0.05, 0) is 37.2 Å². The number of carbonyl (C=O) groups excluding carboxylic acids is 2. The second-order valence-electron chi connectivity index (χ2n) is 6.66. The van der Waals surface area contributed by atoms with E-state index in [0.717, 1.165) is 42.4 Å². The predicted molar refractivity (Wildman–Crippen MR) is 80.4 cm³/mol. The molecule has 1 aromatic carbocycles. The SMILES string of the molecule is O=C(O)c1ccc([N+](=O)[O-])cc1N1C(=O)C2C3CCC(C3)C2C1=O. The van der Waals surface area contributed by atoms with Gasteiger partial charge in [-0.15, -0.1) is 0 Å². The van der Waals surface area contributed by atoms with E-state index < -0.39 is 34.5 Å². The third-order valence-corrected chi connectivity index (χ3v) is 5.59. The summed E-state index contributed by atoms with van der Waals surface area (Å²) < 4.78 is 0. The van der Waals surface area contributed by atoms with Crippen molar-refractivity contribution in [2.24, 2.45) is 23.7 Å².